The third-order valence-corrected chi connectivity index (χ3v) is 3.47. The van der Waals surface area contributed by atoms with Crippen molar-refractivity contribution in [2.24, 2.45) is 5.92 Å². The maximum Gasteiger partial charge on any atom is 0.195 e. The van der Waals surface area contributed by atoms with Gasteiger partial charge in [0.15, 0.2) is 10.6 Å². The van der Waals surface area contributed by atoms with Gasteiger partial charge in [-0.1, -0.05) is 13.8 Å². The molecule has 0 aromatic carbocycles. The van der Waals surface area contributed by atoms with E-state index >= 15 is 0 Å². The first-order valence-electron chi connectivity index (χ1n) is 5.28. The van der Waals surface area contributed by atoms with Crippen LogP contribution in [0.1, 0.15) is 18.7 Å². The van der Waals surface area contributed by atoms with E-state index in [0.717, 1.165) is 17.9 Å². The fraction of sp³-hybridized carbons (Fsp3) is 0.455. The monoisotopic (exact) mass is 253 g/mol. The Kier molecular flexibility index (Phi) is 3.25. The zero-order valence-corrected chi connectivity index (χ0v) is 11.3. The maximum absolute atomic E-state index is 5.25. The predicted molar refractivity (Wildman–Crippen MR) is 70.3 cm³/mol. The summed E-state index contributed by atoms with van der Waals surface area (Å²) in [4.78, 5) is 1.29. The molecule has 0 spiro atoms. The SMILES string of the molecule is Cc1cc(-c2n[nH]c(=S)n2CC(C)C)cs1. The molecule has 0 saturated carbocycles. The summed E-state index contributed by atoms with van der Waals surface area (Å²) in [6, 6.07) is 2.15. The van der Waals surface area contributed by atoms with Gasteiger partial charge in [-0.25, -0.2) is 0 Å². The number of hydrogen-bond donors (Lipinski definition) is 1. The van der Waals surface area contributed by atoms with Crippen LogP contribution >= 0.6 is 23.6 Å². The first kappa shape index (κ1) is 11.5. The molecule has 1 N–H and O–H groups in total. The highest BCUT2D eigenvalue weighted by Gasteiger charge is 2.10. The van der Waals surface area contributed by atoms with E-state index in [1.54, 1.807) is 11.3 Å². The zero-order chi connectivity index (χ0) is 11.7. The van der Waals surface area contributed by atoms with Gasteiger partial charge >= 0.3 is 0 Å². The molecular weight excluding hydrogens is 238 g/mol. The lowest BCUT2D eigenvalue weighted by Gasteiger charge is -2.07. The molecule has 0 saturated heterocycles. The normalized spacial score (nSPS) is 11.2. The zero-order valence-electron chi connectivity index (χ0n) is 9.65. The van der Waals surface area contributed by atoms with E-state index < -0.39 is 0 Å². The van der Waals surface area contributed by atoms with Gasteiger partial charge in [0.25, 0.3) is 0 Å². The smallest absolute Gasteiger partial charge is 0.195 e. The molecule has 0 unspecified atom stereocenters. The minimum Gasteiger partial charge on any atom is -0.300 e. The predicted octanol–water partition coefficient (Wildman–Crippen LogP) is 3.63. The summed E-state index contributed by atoms with van der Waals surface area (Å²) < 4.78 is 2.77. The molecular formula is C11H15N3S2. The molecule has 2 aromatic heterocycles. The summed E-state index contributed by atoms with van der Waals surface area (Å²) in [5.41, 5.74) is 1.15. The van der Waals surface area contributed by atoms with Crippen LogP contribution in [0.25, 0.3) is 11.4 Å². The Labute approximate surface area is 104 Å². The van der Waals surface area contributed by atoms with Crippen LogP contribution in [0.2, 0.25) is 0 Å². The van der Waals surface area contributed by atoms with Crippen molar-refractivity contribution < 1.29 is 0 Å². The highest BCUT2D eigenvalue weighted by Crippen LogP contribution is 2.24. The average Bonchev–Trinajstić information content (AvgIpc) is 2.75. The molecule has 0 amide bonds. The number of H-pyrrole nitrogens is 1. The molecule has 0 aliphatic rings. The molecule has 16 heavy (non-hydrogen) atoms. The van der Waals surface area contributed by atoms with Crippen LogP contribution in [0.4, 0.5) is 0 Å². The Bertz CT molecular complexity index is 533. The molecule has 3 nitrogen and oxygen atoms in total. The fourth-order valence-electron chi connectivity index (χ4n) is 1.63. The van der Waals surface area contributed by atoms with E-state index in [-0.39, 0.29) is 0 Å². The van der Waals surface area contributed by atoms with Gasteiger partial charge < -0.3 is 0 Å². The Balaban J connectivity index is 2.45. The third kappa shape index (κ3) is 2.25. The van der Waals surface area contributed by atoms with E-state index in [9.17, 15) is 0 Å². The fourth-order valence-corrected chi connectivity index (χ4v) is 2.52. The third-order valence-electron chi connectivity index (χ3n) is 2.29. The van der Waals surface area contributed by atoms with Gasteiger partial charge in [-0.3, -0.25) is 9.67 Å². The quantitative estimate of drug-likeness (QED) is 0.847. The highest BCUT2D eigenvalue weighted by molar-refractivity contribution is 7.71. The summed E-state index contributed by atoms with van der Waals surface area (Å²) in [5.74, 6) is 1.51. The Morgan fingerprint density at radius 3 is 2.88 bits per heavy atom. The minimum atomic E-state index is 0.558. The molecule has 86 valence electrons. The minimum absolute atomic E-state index is 0.558. The number of aromatic nitrogens is 3. The molecule has 0 radical (unpaired) electrons. The number of rotatable bonds is 3. The van der Waals surface area contributed by atoms with E-state index in [2.05, 4.69) is 47.0 Å². The second-order valence-corrected chi connectivity index (χ2v) is 5.80. The van der Waals surface area contributed by atoms with Gasteiger partial charge in [-0.2, -0.15) is 5.10 Å². The molecule has 0 atom stereocenters. The van der Waals surface area contributed by atoms with Crippen LogP contribution in [0, 0.1) is 17.6 Å². The van der Waals surface area contributed by atoms with Crippen LogP contribution in [-0.2, 0) is 6.54 Å². The van der Waals surface area contributed by atoms with Crippen LogP contribution in [0.5, 0.6) is 0 Å². The first-order valence-corrected chi connectivity index (χ1v) is 6.57. The second-order valence-electron chi connectivity index (χ2n) is 4.30. The van der Waals surface area contributed by atoms with Crippen molar-refractivity contribution >= 4 is 23.6 Å². The number of nitrogens with one attached hydrogen (secondary N) is 1. The van der Waals surface area contributed by atoms with E-state index in [0.29, 0.717) is 10.7 Å². The van der Waals surface area contributed by atoms with Gasteiger partial charge in [-0.05, 0) is 31.1 Å². The van der Waals surface area contributed by atoms with Gasteiger partial charge in [0.05, 0.1) is 0 Å². The first-order chi connectivity index (χ1) is 7.58. The summed E-state index contributed by atoms with van der Waals surface area (Å²) in [5, 5.41) is 9.30. The van der Waals surface area contributed by atoms with Crippen LogP contribution in [0.15, 0.2) is 11.4 Å². The standard InChI is InChI=1S/C11H15N3S2/c1-7(2)5-14-10(12-13-11(14)15)9-4-8(3)16-6-9/h4,6-7H,5H2,1-3H3,(H,13,15). The largest absolute Gasteiger partial charge is 0.300 e. The van der Waals surface area contributed by atoms with Crippen LogP contribution < -0.4 is 0 Å². The average molecular weight is 253 g/mol. The van der Waals surface area contributed by atoms with Crippen molar-refractivity contribution in [3.8, 4) is 11.4 Å². The molecule has 0 aliphatic carbocycles. The van der Waals surface area contributed by atoms with Crippen molar-refractivity contribution in [1.29, 1.82) is 0 Å². The lowest BCUT2D eigenvalue weighted by Crippen LogP contribution is -2.06. The number of aryl methyl sites for hydroxylation is 1. The Hall–Kier alpha value is -0.940. The summed E-state index contributed by atoms with van der Waals surface area (Å²) in [7, 11) is 0. The molecule has 2 heterocycles. The van der Waals surface area contributed by atoms with Gasteiger partial charge in [0.2, 0.25) is 0 Å². The maximum atomic E-state index is 5.25. The number of aromatic amines is 1. The lowest BCUT2D eigenvalue weighted by molar-refractivity contribution is 0.521. The molecule has 2 rings (SSSR count). The number of thiophene rings is 1. The molecule has 0 bridgehead atoms. The van der Waals surface area contributed by atoms with Gasteiger partial charge in [0, 0.05) is 22.4 Å². The van der Waals surface area contributed by atoms with Crippen molar-refractivity contribution in [3.05, 3.63) is 21.1 Å². The highest BCUT2D eigenvalue weighted by atomic mass is 32.1. The molecule has 2 aromatic rings. The van der Waals surface area contributed by atoms with Crippen LogP contribution in [0.3, 0.4) is 0 Å². The van der Waals surface area contributed by atoms with E-state index in [1.807, 2.05) is 0 Å². The van der Waals surface area contributed by atoms with Crippen LogP contribution in [-0.4, -0.2) is 14.8 Å². The number of nitrogens with zero attached hydrogens (tertiary/aromatic N) is 2. The number of hydrogen-bond acceptors (Lipinski definition) is 3. The Morgan fingerprint density at radius 2 is 2.31 bits per heavy atom. The molecule has 5 heteroatoms. The van der Waals surface area contributed by atoms with Crippen molar-refractivity contribution in [3.63, 3.8) is 0 Å². The van der Waals surface area contributed by atoms with Crippen molar-refractivity contribution in [2.45, 2.75) is 27.3 Å². The van der Waals surface area contributed by atoms with E-state index in [1.165, 1.54) is 4.88 Å². The Morgan fingerprint density at radius 1 is 1.56 bits per heavy atom. The topological polar surface area (TPSA) is 33.6 Å². The summed E-state index contributed by atoms with van der Waals surface area (Å²) in [6.45, 7) is 7.36. The van der Waals surface area contributed by atoms with Gasteiger partial charge in [0.1, 0.15) is 0 Å². The lowest BCUT2D eigenvalue weighted by atomic mass is 10.2. The van der Waals surface area contributed by atoms with Crippen molar-refractivity contribution in [1.82, 2.24) is 14.8 Å². The molecule has 0 fully saturated rings. The summed E-state index contributed by atoms with van der Waals surface area (Å²) in [6.07, 6.45) is 0. The van der Waals surface area contributed by atoms with E-state index in [4.69, 9.17) is 12.2 Å². The molecule has 0 aliphatic heterocycles. The summed E-state index contributed by atoms with van der Waals surface area (Å²) >= 11 is 6.98. The van der Waals surface area contributed by atoms with Gasteiger partial charge in [-0.15, -0.1) is 11.3 Å². The second kappa shape index (κ2) is 4.51. The van der Waals surface area contributed by atoms with Crippen molar-refractivity contribution in [2.75, 3.05) is 0 Å².